The number of benzene rings is 2. The zero-order chi connectivity index (χ0) is 18.0. The van der Waals surface area contributed by atoms with E-state index >= 15 is 0 Å². The molecule has 1 aromatic heterocycles. The van der Waals surface area contributed by atoms with E-state index in [0.29, 0.717) is 21.6 Å². The van der Waals surface area contributed by atoms with E-state index in [0.717, 1.165) is 18.4 Å². The van der Waals surface area contributed by atoms with Crippen LogP contribution in [0.3, 0.4) is 0 Å². The Labute approximate surface area is 149 Å². The summed E-state index contributed by atoms with van der Waals surface area (Å²) in [5.74, 6) is -2.00. The van der Waals surface area contributed by atoms with E-state index in [-0.39, 0.29) is 11.4 Å². The summed E-state index contributed by atoms with van der Waals surface area (Å²) >= 11 is 5.98. The molecule has 5 nitrogen and oxygen atoms in total. The number of rotatable bonds is 5. The second kappa shape index (κ2) is 6.99. The van der Waals surface area contributed by atoms with E-state index in [9.17, 15) is 14.7 Å². The highest BCUT2D eigenvalue weighted by molar-refractivity contribution is 6.31. The molecule has 0 aliphatic rings. The fraction of sp³-hybridized carbons (Fsp3) is 0.158. The maximum atomic E-state index is 12.5. The van der Waals surface area contributed by atoms with Crippen LogP contribution in [0.4, 0.5) is 5.69 Å². The summed E-state index contributed by atoms with van der Waals surface area (Å²) in [6, 6.07) is 11.9. The first-order valence-corrected chi connectivity index (χ1v) is 8.23. The van der Waals surface area contributed by atoms with Gasteiger partial charge in [-0.15, -0.1) is 0 Å². The lowest BCUT2D eigenvalue weighted by molar-refractivity contribution is 0.0666. The molecule has 128 valence electrons. The molecule has 0 aliphatic heterocycles. The van der Waals surface area contributed by atoms with Crippen LogP contribution in [0.1, 0.15) is 39.8 Å². The van der Waals surface area contributed by atoms with Crippen molar-refractivity contribution in [2.24, 2.45) is 0 Å². The third-order valence-electron chi connectivity index (χ3n) is 3.84. The van der Waals surface area contributed by atoms with Gasteiger partial charge >= 0.3 is 5.97 Å². The Morgan fingerprint density at radius 3 is 2.52 bits per heavy atom. The molecule has 0 aliphatic carbocycles. The minimum atomic E-state index is -1.26. The lowest BCUT2D eigenvalue weighted by Gasteiger charge is -2.06. The molecule has 1 amide bonds. The van der Waals surface area contributed by atoms with Crippen molar-refractivity contribution in [1.82, 2.24) is 0 Å². The summed E-state index contributed by atoms with van der Waals surface area (Å²) < 4.78 is 5.33. The predicted molar refractivity (Wildman–Crippen MR) is 96.6 cm³/mol. The number of amides is 1. The van der Waals surface area contributed by atoms with Crippen LogP contribution >= 0.6 is 11.6 Å². The fourth-order valence-electron chi connectivity index (χ4n) is 2.64. The summed E-state index contributed by atoms with van der Waals surface area (Å²) in [5, 5.41) is 12.8. The number of fused-ring (bicyclic) bond motifs is 1. The normalized spacial score (nSPS) is 10.8. The lowest BCUT2D eigenvalue weighted by atomic mass is 10.1. The molecule has 3 rings (SSSR count). The number of aryl methyl sites for hydroxylation is 1. The number of carboxylic acids is 1. The molecule has 2 aromatic carbocycles. The molecule has 0 saturated carbocycles. The van der Waals surface area contributed by atoms with Gasteiger partial charge in [0.25, 0.3) is 5.91 Å². The van der Waals surface area contributed by atoms with Crippen LogP contribution in [-0.2, 0) is 6.42 Å². The van der Waals surface area contributed by atoms with E-state index in [2.05, 4.69) is 12.2 Å². The minimum Gasteiger partial charge on any atom is -0.475 e. The highest BCUT2D eigenvalue weighted by atomic mass is 35.5. The average Bonchev–Trinajstić information content (AvgIpc) is 2.94. The maximum absolute atomic E-state index is 12.5. The standard InChI is InChI=1S/C19H16ClNO4/c1-2-3-11-4-6-12(7-5-11)18(22)21-16-14-10-13(20)8-9-15(14)25-17(16)19(23)24/h4-10H,2-3H2,1H3,(H,21,22)(H,23,24). The fourth-order valence-corrected chi connectivity index (χ4v) is 2.81. The van der Waals surface area contributed by atoms with Crippen LogP contribution in [0.15, 0.2) is 46.9 Å². The Bertz CT molecular complexity index is 944. The van der Waals surface area contributed by atoms with Crippen molar-refractivity contribution in [2.75, 3.05) is 5.32 Å². The van der Waals surface area contributed by atoms with Crippen LogP contribution in [0.2, 0.25) is 5.02 Å². The van der Waals surface area contributed by atoms with Crippen molar-refractivity contribution in [3.05, 3.63) is 64.4 Å². The molecule has 0 bridgehead atoms. The molecule has 0 unspecified atom stereocenters. The van der Waals surface area contributed by atoms with Crippen molar-refractivity contribution in [2.45, 2.75) is 19.8 Å². The third kappa shape index (κ3) is 3.51. The molecule has 0 atom stereocenters. The second-order valence-corrected chi connectivity index (χ2v) is 6.09. The van der Waals surface area contributed by atoms with Crippen LogP contribution in [0, 0.1) is 0 Å². The van der Waals surface area contributed by atoms with Gasteiger partial charge in [0.05, 0.1) is 0 Å². The van der Waals surface area contributed by atoms with E-state index in [1.54, 1.807) is 30.3 Å². The zero-order valence-corrected chi connectivity index (χ0v) is 14.3. The highest BCUT2D eigenvalue weighted by Gasteiger charge is 2.22. The summed E-state index contributed by atoms with van der Waals surface area (Å²) in [6.45, 7) is 2.09. The predicted octanol–water partition coefficient (Wildman–Crippen LogP) is 4.99. The van der Waals surface area contributed by atoms with Crippen molar-refractivity contribution in [3.63, 3.8) is 0 Å². The Morgan fingerprint density at radius 1 is 1.16 bits per heavy atom. The number of hydrogen-bond acceptors (Lipinski definition) is 3. The number of halogens is 1. The van der Waals surface area contributed by atoms with Crippen molar-refractivity contribution in [1.29, 1.82) is 0 Å². The molecular formula is C19H16ClNO4. The quantitative estimate of drug-likeness (QED) is 0.674. The van der Waals surface area contributed by atoms with Gasteiger partial charge in [0.2, 0.25) is 5.76 Å². The van der Waals surface area contributed by atoms with Gasteiger partial charge in [-0.3, -0.25) is 4.79 Å². The monoisotopic (exact) mass is 357 g/mol. The van der Waals surface area contributed by atoms with E-state index in [1.165, 1.54) is 0 Å². The molecule has 25 heavy (non-hydrogen) atoms. The minimum absolute atomic E-state index is 0.104. The van der Waals surface area contributed by atoms with Crippen LogP contribution < -0.4 is 5.32 Å². The van der Waals surface area contributed by atoms with Gasteiger partial charge in [0.15, 0.2) is 0 Å². The SMILES string of the molecule is CCCc1ccc(C(=O)Nc2c(C(=O)O)oc3ccc(Cl)cc23)cc1. The lowest BCUT2D eigenvalue weighted by Crippen LogP contribution is -2.14. The van der Waals surface area contributed by atoms with Crippen LogP contribution in [0.25, 0.3) is 11.0 Å². The van der Waals surface area contributed by atoms with Gasteiger partial charge in [-0.1, -0.05) is 37.1 Å². The molecule has 3 aromatic rings. The van der Waals surface area contributed by atoms with Crippen molar-refractivity contribution in [3.8, 4) is 0 Å². The van der Waals surface area contributed by atoms with Gasteiger partial charge < -0.3 is 14.8 Å². The van der Waals surface area contributed by atoms with Gasteiger partial charge in [-0.2, -0.15) is 0 Å². The number of aromatic carboxylic acids is 1. The van der Waals surface area contributed by atoms with E-state index in [1.807, 2.05) is 12.1 Å². The Hall–Kier alpha value is -2.79. The van der Waals surface area contributed by atoms with Gasteiger partial charge in [-0.25, -0.2) is 4.79 Å². The van der Waals surface area contributed by atoms with E-state index in [4.69, 9.17) is 16.0 Å². The topological polar surface area (TPSA) is 79.5 Å². The smallest absolute Gasteiger partial charge is 0.374 e. The number of hydrogen-bond donors (Lipinski definition) is 2. The first-order chi connectivity index (χ1) is 12.0. The number of carbonyl (C=O) groups excluding carboxylic acids is 1. The molecule has 0 spiro atoms. The summed E-state index contributed by atoms with van der Waals surface area (Å²) in [4.78, 5) is 23.9. The first kappa shape index (κ1) is 17.0. The Kier molecular flexibility index (Phi) is 4.76. The van der Waals surface area contributed by atoms with Crippen LogP contribution in [0.5, 0.6) is 0 Å². The number of anilines is 1. The highest BCUT2D eigenvalue weighted by Crippen LogP contribution is 2.33. The van der Waals surface area contributed by atoms with Crippen molar-refractivity contribution < 1.29 is 19.1 Å². The molecule has 2 N–H and O–H groups in total. The summed E-state index contributed by atoms with van der Waals surface area (Å²) in [6.07, 6.45) is 1.96. The molecule has 0 radical (unpaired) electrons. The Balaban J connectivity index is 1.96. The van der Waals surface area contributed by atoms with E-state index < -0.39 is 11.9 Å². The molecule has 6 heteroatoms. The number of carboxylic acid groups (broad SMARTS) is 1. The number of furan rings is 1. The largest absolute Gasteiger partial charge is 0.475 e. The zero-order valence-electron chi connectivity index (χ0n) is 13.5. The Morgan fingerprint density at radius 2 is 1.88 bits per heavy atom. The average molecular weight is 358 g/mol. The number of nitrogens with one attached hydrogen (secondary N) is 1. The van der Waals surface area contributed by atoms with Crippen LogP contribution in [-0.4, -0.2) is 17.0 Å². The first-order valence-electron chi connectivity index (χ1n) is 7.85. The molecule has 1 heterocycles. The van der Waals surface area contributed by atoms with Gasteiger partial charge in [0, 0.05) is 16.0 Å². The summed E-state index contributed by atoms with van der Waals surface area (Å²) in [5.41, 5.74) is 2.03. The summed E-state index contributed by atoms with van der Waals surface area (Å²) in [7, 11) is 0. The van der Waals surface area contributed by atoms with Gasteiger partial charge in [0.1, 0.15) is 11.3 Å². The van der Waals surface area contributed by atoms with Crippen molar-refractivity contribution >= 4 is 40.1 Å². The molecular weight excluding hydrogens is 342 g/mol. The third-order valence-corrected chi connectivity index (χ3v) is 4.07. The van der Waals surface area contributed by atoms with Gasteiger partial charge in [-0.05, 0) is 42.3 Å². The molecule has 0 saturated heterocycles. The second-order valence-electron chi connectivity index (χ2n) is 5.65. The maximum Gasteiger partial charge on any atom is 0.374 e. The number of carbonyl (C=O) groups is 2. The molecule has 0 fully saturated rings.